The zero-order valence-corrected chi connectivity index (χ0v) is 28.4. The SMILES string of the molecule is [Cl-].[Cl-].[Ti+4].c1ccc(-n2c3ccccc3c3c4ccccc4[cH-]c32)cc1.c1ccc(-n2c3ccccc3c3c4ccccc4[cH-]c32)cc1. The van der Waals surface area contributed by atoms with Crippen molar-refractivity contribution in [3.63, 3.8) is 0 Å². The number of fused-ring (bicyclic) bond motifs is 10. The second kappa shape index (κ2) is 13.3. The van der Waals surface area contributed by atoms with E-state index in [-0.39, 0.29) is 46.5 Å². The van der Waals surface area contributed by atoms with Gasteiger partial charge in [0, 0.05) is 22.4 Å². The van der Waals surface area contributed by atoms with Crippen LogP contribution in [0, 0.1) is 0 Å². The summed E-state index contributed by atoms with van der Waals surface area (Å²) >= 11 is 0. The van der Waals surface area contributed by atoms with Crippen molar-refractivity contribution in [2.45, 2.75) is 0 Å². The summed E-state index contributed by atoms with van der Waals surface area (Å²) in [5, 5.41) is 10.6. The van der Waals surface area contributed by atoms with Crippen molar-refractivity contribution in [2.75, 3.05) is 0 Å². The molecule has 0 spiro atoms. The Kier molecular flexibility index (Phi) is 9.15. The van der Waals surface area contributed by atoms with Crippen LogP contribution in [0.5, 0.6) is 0 Å². The molecule has 47 heavy (non-hydrogen) atoms. The molecule has 0 aliphatic rings. The summed E-state index contributed by atoms with van der Waals surface area (Å²) in [4.78, 5) is 0. The van der Waals surface area contributed by atoms with E-state index in [1.54, 1.807) is 0 Å². The Hall–Kier alpha value is -4.57. The number of benzene rings is 6. The van der Waals surface area contributed by atoms with Crippen LogP contribution in [0.3, 0.4) is 0 Å². The van der Waals surface area contributed by atoms with Gasteiger partial charge in [-0.3, -0.25) is 0 Å². The average Bonchev–Trinajstić information content (AvgIpc) is 3.82. The van der Waals surface area contributed by atoms with Gasteiger partial charge in [-0.2, -0.15) is 0 Å². The Morgan fingerprint density at radius 1 is 0.340 bits per heavy atom. The maximum Gasteiger partial charge on any atom is 4.00 e. The number of para-hydroxylation sites is 4. The minimum Gasteiger partial charge on any atom is -1.00 e. The minimum absolute atomic E-state index is 0. The maximum atomic E-state index is 2.37. The van der Waals surface area contributed by atoms with Crippen LogP contribution in [0.25, 0.3) is 76.5 Å². The second-order valence-corrected chi connectivity index (χ2v) is 11.4. The van der Waals surface area contributed by atoms with Crippen molar-refractivity contribution in [3.8, 4) is 11.4 Å². The first-order chi connectivity index (χ1) is 21.9. The van der Waals surface area contributed by atoms with Gasteiger partial charge in [-0.1, -0.05) is 95.7 Å². The van der Waals surface area contributed by atoms with E-state index in [9.17, 15) is 0 Å². The van der Waals surface area contributed by atoms with Gasteiger partial charge in [0.05, 0.1) is 0 Å². The van der Waals surface area contributed by atoms with E-state index in [0.717, 1.165) is 0 Å². The molecule has 0 aliphatic heterocycles. The van der Waals surface area contributed by atoms with Crippen molar-refractivity contribution in [1.82, 2.24) is 9.13 Å². The molecule has 0 fully saturated rings. The number of hydrogen-bond donors (Lipinski definition) is 0. The summed E-state index contributed by atoms with van der Waals surface area (Å²) in [5.41, 5.74) is 7.53. The molecule has 0 amide bonds. The summed E-state index contributed by atoms with van der Waals surface area (Å²) in [6.45, 7) is 0. The predicted octanol–water partition coefficient (Wildman–Crippen LogP) is 5.32. The summed E-state index contributed by atoms with van der Waals surface area (Å²) < 4.78 is 4.73. The van der Waals surface area contributed by atoms with Crippen molar-refractivity contribution < 1.29 is 46.5 Å². The van der Waals surface area contributed by atoms with Gasteiger partial charge in [-0.05, 0) is 58.2 Å². The van der Waals surface area contributed by atoms with Gasteiger partial charge in [-0.15, -0.1) is 70.1 Å². The van der Waals surface area contributed by atoms with E-state index < -0.39 is 0 Å². The van der Waals surface area contributed by atoms with Crippen LogP contribution in [0.2, 0.25) is 0 Å². The summed E-state index contributed by atoms with van der Waals surface area (Å²) in [7, 11) is 0. The van der Waals surface area contributed by atoms with Crippen molar-refractivity contribution in [1.29, 1.82) is 0 Å². The Labute approximate surface area is 300 Å². The third-order valence-electron chi connectivity index (χ3n) is 8.90. The smallest absolute Gasteiger partial charge is 1.00 e. The summed E-state index contributed by atoms with van der Waals surface area (Å²) in [6, 6.07) is 60.4. The van der Waals surface area contributed by atoms with Crippen LogP contribution in [-0.4, -0.2) is 9.13 Å². The van der Waals surface area contributed by atoms with Crippen LogP contribution >= 0.6 is 0 Å². The number of halogens is 2. The molecule has 2 heterocycles. The topological polar surface area (TPSA) is 9.86 Å². The Morgan fingerprint density at radius 3 is 1.06 bits per heavy atom. The minimum atomic E-state index is 0. The van der Waals surface area contributed by atoms with Gasteiger partial charge in [0.25, 0.3) is 0 Å². The van der Waals surface area contributed by atoms with Crippen LogP contribution in [-0.2, 0) is 21.7 Å². The molecule has 0 aliphatic carbocycles. The van der Waals surface area contributed by atoms with E-state index in [0.29, 0.717) is 0 Å². The van der Waals surface area contributed by atoms with E-state index in [1.165, 1.54) is 76.5 Å². The van der Waals surface area contributed by atoms with E-state index in [2.05, 4.69) is 179 Å². The normalized spacial score (nSPS) is 10.9. The predicted molar refractivity (Wildman–Crippen MR) is 188 cm³/mol. The average molecular weight is 679 g/mol. The fourth-order valence-electron chi connectivity index (χ4n) is 7.06. The molecule has 0 unspecified atom stereocenters. The third kappa shape index (κ3) is 5.19. The molecule has 2 nitrogen and oxygen atoms in total. The Morgan fingerprint density at radius 2 is 0.660 bits per heavy atom. The van der Waals surface area contributed by atoms with Gasteiger partial charge in [0.15, 0.2) is 0 Å². The van der Waals surface area contributed by atoms with Gasteiger partial charge in [0.1, 0.15) is 0 Å². The van der Waals surface area contributed by atoms with Crippen LogP contribution in [0.15, 0.2) is 170 Å². The third-order valence-corrected chi connectivity index (χ3v) is 8.90. The van der Waals surface area contributed by atoms with E-state index in [1.807, 2.05) is 0 Å². The molecule has 0 radical (unpaired) electrons. The van der Waals surface area contributed by atoms with Gasteiger partial charge < -0.3 is 33.9 Å². The molecule has 0 atom stereocenters. The first-order valence-corrected chi connectivity index (χ1v) is 15.1. The van der Waals surface area contributed by atoms with Gasteiger partial charge in [-0.25, -0.2) is 0 Å². The zero-order chi connectivity index (χ0) is 29.0. The molecular weight excluding hydrogens is 651 g/mol. The number of rotatable bonds is 2. The fourth-order valence-corrected chi connectivity index (χ4v) is 7.06. The first-order valence-electron chi connectivity index (χ1n) is 15.1. The standard InChI is InChI=1S/2C21H14N.2ClH.Ti/c2*1-2-9-16(10-3-1)22-19-13-7-6-12-18(19)21-17-11-5-4-8-15(17)14-20(21)22;;;/h2*1-14H;2*1H;/q2*-1;;;+4/p-2. The second-order valence-electron chi connectivity index (χ2n) is 11.4. The van der Waals surface area contributed by atoms with Crippen LogP contribution in [0.1, 0.15) is 0 Å². The van der Waals surface area contributed by atoms with Gasteiger partial charge in [0.2, 0.25) is 0 Å². The first kappa shape index (κ1) is 32.4. The maximum absolute atomic E-state index is 2.37. The number of hydrogen-bond acceptors (Lipinski definition) is 0. The molecule has 0 saturated carbocycles. The molecule has 224 valence electrons. The quantitative estimate of drug-likeness (QED) is 0.173. The van der Waals surface area contributed by atoms with E-state index >= 15 is 0 Å². The summed E-state index contributed by atoms with van der Waals surface area (Å²) in [6.07, 6.45) is 0. The van der Waals surface area contributed by atoms with Gasteiger partial charge >= 0.3 is 21.7 Å². The summed E-state index contributed by atoms with van der Waals surface area (Å²) in [5.74, 6) is 0. The number of nitrogens with zero attached hydrogens (tertiary/aromatic N) is 2. The molecule has 0 N–H and O–H groups in total. The van der Waals surface area contributed by atoms with E-state index in [4.69, 9.17) is 0 Å². The molecule has 10 aromatic rings. The monoisotopic (exact) mass is 678 g/mol. The molecule has 2 aromatic heterocycles. The Balaban J connectivity index is 0.000000155. The Bertz CT molecular complexity index is 2420. The van der Waals surface area contributed by atoms with Crippen LogP contribution < -0.4 is 24.8 Å². The van der Waals surface area contributed by atoms with Crippen molar-refractivity contribution in [2.24, 2.45) is 0 Å². The molecule has 10 rings (SSSR count). The van der Waals surface area contributed by atoms with Crippen LogP contribution in [0.4, 0.5) is 0 Å². The molecule has 0 saturated heterocycles. The molecular formula is C42H28Cl2N2Ti. The number of aromatic nitrogens is 2. The zero-order valence-electron chi connectivity index (χ0n) is 25.3. The molecule has 0 bridgehead atoms. The van der Waals surface area contributed by atoms with Crippen molar-refractivity contribution >= 4 is 65.2 Å². The molecule has 5 heteroatoms. The molecule has 8 aromatic carbocycles. The fraction of sp³-hybridized carbons (Fsp3) is 0. The van der Waals surface area contributed by atoms with Crippen molar-refractivity contribution in [3.05, 3.63) is 170 Å². The largest absolute Gasteiger partial charge is 4.00 e.